The number of β-amino-alcohol motifs (C(OH)–C–C–N with tert-alkyl or cyclic N) is 1. The van der Waals surface area contributed by atoms with E-state index in [1.165, 1.54) is 4.31 Å². The number of carbonyl (C=O) groups excluding carboxylic acids is 1. The van der Waals surface area contributed by atoms with Crippen LogP contribution in [0.5, 0.6) is 0 Å². The largest absolute Gasteiger partial charge is 0.391 e. The number of amides is 1. The lowest BCUT2D eigenvalue weighted by atomic mass is 9.97. The van der Waals surface area contributed by atoms with Gasteiger partial charge >= 0.3 is 0 Å². The lowest BCUT2D eigenvalue weighted by Crippen LogP contribution is -2.44. The molecule has 0 bridgehead atoms. The number of sulfonamides is 1. The van der Waals surface area contributed by atoms with Gasteiger partial charge in [-0.15, -0.1) is 12.4 Å². The lowest BCUT2D eigenvalue weighted by molar-refractivity contribution is -0.126. The number of rotatable bonds is 5. The highest BCUT2D eigenvalue weighted by Gasteiger charge is 2.33. The van der Waals surface area contributed by atoms with E-state index in [2.05, 4.69) is 10.6 Å². The highest BCUT2D eigenvalue weighted by atomic mass is 35.5. The number of carbonyl (C=O) groups is 1. The van der Waals surface area contributed by atoms with Crippen molar-refractivity contribution in [3.05, 3.63) is 29.3 Å². The maximum absolute atomic E-state index is 12.9. The number of aryl methyl sites for hydroxylation is 2. The Morgan fingerprint density at radius 3 is 2.50 bits per heavy atom. The summed E-state index contributed by atoms with van der Waals surface area (Å²) in [5.74, 6) is -0.182. The molecule has 0 aromatic heterocycles. The number of halogens is 1. The highest BCUT2D eigenvalue weighted by molar-refractivity contribution is 7.89. The summed E-state index contributed by atoms with van der Waals surface area (Å²) in [5, 5.41) is 15.8. The van der Waals surface area contributed by atoms with Crippen molar-refractivity contribution < 1.29 is 18.3 Å². The first-order valence-corrected chi connectivity index (χ1v) is 11.0. The number of piperidine rings is 1. The van der Waals surface area contributed by atoms with Crippen molar-refractivity contribution in [2.75, 3.05) is 32.7 Å². The van der Waals surface area contributed by atoms with Gasteiger partial charge in [0.05, 0.1) is 11.0 Å². The number of hydrogen-bond acceptors (Lipinski definition) is 5. The summed E-state index contributed by atoms with van der Waals surface area (Å²) in [6.45, 7) is 6.17. The van der Waals surface area contributed by atoms with E-state index in [0.29, 0.717) is 50.5 Å². The third-order valence-corrected chi connectivity index (χ3v) is 7.67. The molecular formula is C19H30ClN3O4S. The highest BCUT2D eigenvalue weighted by Crippen LogP contribution is 2.26. The Hall–Kier alpha value is -1.19. The fraction of sp³-hybridized carbons (Fsp3) is 0.632. The van der Waals surface area contributed by atoms with Gasteiger partial charge in [0.1, 0.15) is 0 Å². The van der Waals surface area contributed by atoms with Gasteiger partial charge in [-0.25, -0.2) is 8.42 Å². The van der Waals surface area contributed by atoms with Crippen LogP contribution in [0.2, 0.25) is 0 Å². The minimum Gasteiger partial charge on any atom is -0.391 e. The standard InChI is InChI=1S/C19H29N3O4S.ClH/c1-13-3-4-18(14(2)9-13)27(25,26)22-7-5-15(6-8-22)19(24)21-11-16-10-20-12-17(16)23;/h3-4,9,15-17,20,23H,5-8,10-12H2,1-2H3,(H,21,24);1H. The third kappa shape index (κ3) is 5.04. The van der Waals surface area contributed by atoms with Crippen molar-refractivity contribution in [1.29, 1.82) is 0 Å². The minimum absolute atomic E-state index is 0. The summed E-state index contributed by atoms with van der Waals surface area (Å²) >= 11 is 0. The summed E-state index contributed by atoms with van der Waals surface area (Å²) in [6.07, 6.45) is 0.609. The van der Waals surface area contributed by atoms with Crippen LogP contribution in [0.15, 0.2) is 23.1 Å². The smallest absolute Gasteiger partial charge is 0.243 e. The first-order chi connectivity index (χ1) is 12.8. The molecule has 0 saturated carbocycles. The van der Waals surface area contributed by atoms with Gasteiger partial charge in [-0.3, -0.25) is 4.79 Å². The number of benzene rings is 1. The molecule has 3 rings (SSSR count). The van der Waals surface area contributed by atoms with E-state index in [-0.39, 0.29) is 30.2 Å². The normalized spacial score (nSPS) is 24.0. The van der Waals surface area contributed by atoms with Crippen molar-refractivity contribution in [3.8, 4) is 0 Å². The molecule has 2 heterocycles. The van der Waals surface area contributed by atoms with Crippen molar-refractivity contribution in [1.82, 2.24) is 14.9 Å². The predicted molar refractivity (Wildman–Crippen MR) is 110 cm³/mol. The molecule has 2 aliphatic heterocycles. The van der Waals surface area contributed by atoms with Crippen LogP contribution >= 0.6 is 12.4 Å². The van der Waals surface area contributed by atoms with Crippen molar-refractivity contribution in [2.24, 2.45) is 11.8 Å². The zero-order chi connectivity index (χ0) is 19.6. The Morgan fingerprint density at radius 2 is 1.93 bits per heavy atom. The fourth-order valence-electron chi connectivity index (χ4n) is 3.89. The van der Waals surface area contributed by atoms with Crippen LogP contribution < -0.4 is 10.6 Å². The topological polar surface area (TPSA) is 98.7 Å². The zero-order valence-corrected chi connectivity index (χ0v) is 18.0. The molecule has 158 valence electrons. The average molecular weight is 432 g/mol. The molecule has 2 fully saturated rings. The zero-order valence-electron chi connectivity index (χ0n) is 16.3. The first-order valence-electron chi connectivity index (χ1n) is 9.53. The number of aliphatic hydroxyl groups excluding tert-OH is 1. The molecule has 0 aliphatic carbocycles. The van der Waals surface area contributed by atoms with Crippen LogP contribution in [-0.2, 0) is 14.8 Å². The van der Waals surface area contributed by atoms with Gasteiger partial charge < -0.3 is 15.7 Å². The molecule has 0 spiro atoms. The molecule has 2 atom stereocenters. The van der Waals surface area contributed by atoms with Gasteiger partial charge in [0.15, 0.2) is 0 Å². The predicted octanol–water partition coefficient (Wildman–Crippen LogP) is 0.822. The summed E-state index contributed by atoms with van der Waals surface area (Å²) in [5.41, 5.74) is 1.78. The Bertz CT molecular complexity index is 794. The van der Waals surface area contributed by atoms with E-state index in [9.17, 15) is 18.3 Å². The fourth-order valence-corrected chi connectivity index (χ4v) is 5.57. The molecule has 9 heteroatoms. The Morgan fingerprint density at radius 1 is 1.25 bits per heavy atom. The van der Waals surface area contributed by atoms with Gasteiger partial charge in [0, 0.05) is 44.6 Å². The van der Waals surface area contributed by atoms with Crippen molar-refractivity contribution in [2.45, 2.75) is 37.7 Å². The second kappa shape index (κ2) is 9.54. The maximum atomic E-state index is 12.9. The SMILES string of the molecule is Cc1ccc(S(=O)(=O)N2CCC(C(=O)NCC3CNCC3O)CC2)c(C)c1.Cl. The minimum atomic E-state index is -3.53. The van der Waals surface area contributed by atoms with Gasteiger partial charge in [0.25, 0.3) is 0 Å². The number of hydrogen-bond donors (Lipinski definition) is 3. The van der Waals surface area contributed by atoms with Crippen LogP contribution in [-0.4, -0.2) is 62.6 Å². The molecule has 7 nitrogen and oxygen atoms in total. The van der Waals surface area contributed by atoms with E-state index in [4.69, 9.17) is 0 Å². The Balaban J connectivity index is 0.00000280. The number of nitrogens with one attached hydrogen (secondary N) is 2. The van der Waals surface area contributed by atoms with Gasteiger partial charge in [0.2, 0.25) is 15.9 Å². The van der Waals surface area contributed by atoms with E-state index in [0.717, 1.165) is 11.1 Å². The van der Waals surface area contributed by atoms with E-state index in [1.54, 1.807) is 6.07 Å². The van der Waals surface area contributed by atoms with Crippen LogP contribution in [0, 0.1) is 25.7 Å². The van der Waals surface area contributed by atoms with E-state index < -0.39 is 16.1 Å². The van der Waals surface area contributed by atoms with Crippen LogP contribution in [0.3, 0.4) is 0 Å². The average Bonchev–Trinajstić information content (AvgIpc) is 3.04. The van der Waals surface area contributed by atoms with Crippen LogP contribution in [0.25, 0.3) is 0 Å². The Labute approximate surface area is 173 Å². The second-order valence-electron chi connectivity index (χ2n) is 7.68. The monoisotopic (exact) mass is 431 g/mol. The molecule has 28 heavy (non-hydrogen) atoms. The number of nitrogens with zero attached hydrogens (tertiary/aromatic N) is 1. The lowest BCUT2D eigenvalue weighted by Gasteiger charge is -2.31. The molecule has 2 saturated heterocycles. The van der Waals surface area contributed by atoms with Crippen molar-refractivity contribution in [3.63, 3.8) is 0 Å². The quantitative estimate of drug-likeness (QED) is 0.641. The molecule has 2 aliphatic rings. The molecule has 1 amide bonds. The Kier molecular flexibility index (Phi) is 7.87. The molecule has 2 unspecified atom stereocenters. The van der Waals surface area contributed by atoms with E-state index >= 15 is 0 Å². The summed E-state index contributed by atoms with van der Waals surface area (Å²) < 4.78 is 27.3. The molecular weight excluding hydrogens is 402 g/mol. The molecule has 3 N–H and O–H groups in total. The summed E-state index contributed by atoms with van der Waals surface area (Å²) in [6, 6.07) is 5.35. The first kappa shape index (κ1) is 23.1. The summed E-state index contributed by atoms with van der Waals surface area (Å²) in [4.78, 5) is 12.7. The maximum Gasteiger partial charge on any atom is 0.243 e. The molecule has 0 radical (unpaired) electrons. The van der Waals surface area contributed by atoms with Gasteiger partial charge in [-0.1, -0.05) is 17.7 Å². The second-order valence-corrected chi connectivity index (χ2v) is 9.58. The third-order valence-electron chi connectivity index (χ3n) is 5.62. The summed E-state index contributed by atoms with van der Waals surface area (Å²) in [7, 11) is -3.53. The molecule has 1 aromatic carbocycles. The van der Waals surface area contributed by atoms with Crippen LogP contribution in [0.1, 0.15) is 24.0 Å². The van der Waals surface area contributed by atoms with E-state index in [1.807, 2.05) is 26.0 Å². The van der Waals surface area contributed by atoms with Crippen LogP contribution in [0.4, 0.5) is 0 Å². The van der Waals surface area contributed by atoms with Gasteiger partial charge in [-0.05, 0) is 38.3 Å². The number of aliphatic hydroxyl groups is 1. The molecule has 1 aromatic rings. The van der Waals surface area contributed by atoms with Crippen molar-refractivity contribution >= 4 is 28.3 Å². The van der Waals surface area contributed by atoms with Gasteiger partial charge in [-0.2, -0.15) is 4.31 Å².